The third kappa shape index (κ3) is 2.69. The van der Waals surface area contributed by atoms with Gasteiger partial charge in [0.15, 0.2) is 4.67 Å². The summed E-state index contributed by atoms with van der Waals surface area (Å²) in [6.45, 7) is 1.92. The van der Waals surface area contributed by atoms with E-state index in [2.05, 4.69) is 26.9 Å². The third-order valence-corrected chi connectivity index (χ3v) is 3.99. The van der Waals surface area contributed by atoms with Gasteiger partial charge in [-0.3, -0.25) is 4.90 Å². The van der Waals surface area contributed by atoms with Crippen molar-refractivity contribution in [1.29, 1.82) is 0 Å². The minimum Gasteiger partial charge on any atom is -0.496 e. The minimum atomic E-state index is -0.978. The first-order valence-corrected chi connectivity index (χ1v) is 7.26. The Morgan fingerprint density at radius 3 is 3.00 bits per heavy atom. The molecule has 1 aromatic carbocycles. The van der Waals surface area contributed by atoms with Crippen LogP contribution in [-0.4, -0.2) is 23.1 Å². The minimum absolute atomic E-state index is 0.199. The van der Waals surface area contributed by atoms with Crippen LogP contribution in [0.15, 0.2) is 33.4 Å². The zero-order valence-corrected chi connectivity index (χ0v) is 13.0. The summed E-state index contributed by atoms with van der Waals surface area (Å²) < 4.78 is 11.3. The van der Waals surface area contributed by atoms with Gasteiger partial charge in [0.25, 0.3) is 0 Å². The van der Waals surface area contributed by atoms with Crippen molar-refractivity contribution in [2.45, 2.75) is 19.6 Å². The molecule has 1 N–H and O–H groups in total. The second-order valence-corrected chi connectivity index (χ2v) is 5.72. The van der Waals surface area contributed by atoms with E-state index in [4.69, 9.17) is 9.15 Å². The highest BCUT2D eigenvalue weighted by molar-refractivity contribution is 9.10. The number of rotatable bonds is 4. The molecule has 0 bridgehead atoms. The number of methoxy groups -OCH3 is 1. The Bertz CT molecular complexity index is 695. The van der Waals surface area contributed by atoms with Crippen LogP contribution in [0.2, 0.25) is 0 Å². The van der Waals surface area contributed by atoms with Gasteiger partial charge in [0.2, 0.25) is 0 Å². The Hall–Kier alpha value is -1.79. The number of hydrogen-bond acceptors (Lipinski definition) is 4. The topological polar surface area (TPSA) is 62.9 Å². The summed E-state index contributed by atoms with van der Waals surface area (Å²) in [5, 5.41) is 9.19. The molecular formula is C15H14BrNO4. The van der Waals surface area contributed by atoms with Crippen molar-refractivity contribution in [3.63, 3.8) is 0 Å². The highest BCUT2D eigenvalue weighted by atomic mass is 79.9. The fourth-order valence-electron chi connectivity index (χ4n) is 2.66. The molecule has 0 saturated heterocycles. The van der Waals surface area contributed by atoms with Crippen LogP contribution in [0.5, 0.6) is 5.75 Å². The maximum atomic E-state index is 11.2. The molecular weight excluding hydrogens is 338 g/mol. The Kier molecular flexibility index (Phi) is 3.73. The van der Waals surface area contributed by atoms with Crippen molar-refractivity contribution >= 4 is 21.9 Å². The summed E-state index contributed by atoms with van der Waals surface area (Å²) in [4.78, 5) is 13.3. The fraction of sp³-hybridized carbons (Fsp3) is 0.267. The first-order chi connectivity index (χ1) is 10.1. The number of ether oxygens (including phenoxy) is 1. The van der Waals surface area contributed by atoms with Gasteiger partial charge < -0.3 is 14.3 Å². The normalized spacial score (nSPS) is 14.2. The molecule has 0 spiro atoms. The summed E-state index contributed by atoms with van der Waals surface area (Å²) in [5.74, 6) is 0.351. The third-order valence-electron chi connectivity index (χ3n) is 3.60. The first kappa shape index (κ1) is 14.2. The van der Waals surface area contributed by atoms with Gasteiger partial charge in [-0.15, -0.1) is 0 Å². The van der Waals surface area contributed by atoms with Crippen LogP contribution in [-0.2, 0) is 19.6 Å². The quantitative estimate of drug-likeness (QED) is 0.915. The number of aromatic carboxylic acids is 1. The zero-order valence-electron chi connectivity index (χ0n) is 11.4. The van der Waals surface area contributed by atoms with E-state index in [1.807, 2.05) is 12.1 Å². The number of benzene rings is 1. The van der Waals surface area contributed by atoms with Gasteiger partial charge in [-0.05, 0) is 27.6 Å². The lowest BCUT2D eigenvalue weighted by molar-refractivity contribution is 0.0692. The van der Waals surface area contributed by atoms with Crippen molar-refractivity contribution in [1.82, 2.24) is 4.90 Å². The predicted octanol–water partition coefficient (Wildman–Crippen LogP) is 3.26. The number of carboxylic acid groups (broad SMARTS) is 1. The van der Waals surface area contributed by atoms with Gasteiger partial charge in [0.1, 0.15) is 17.1 Å². The Balaban J connectivity index is 1.81. The Morgan fingerprint density at radius 1 is 1.48 bits per heavy atom. The monoisotopic (exact) mass is 351 g/mol. The van der Waals surface area contributed by atoms with Crippen LogP contribution in [0.1, 0.15) is 27.2 Å². The van der Waals surface area contributed by atoms with E-state index >= 15 is 0 Å². The van der Waals surface area contributed by atoms with Crippen LogP contribution in [0.3, 0.4) is 0 Å². The molecule has 1 aliphatic rings. The van der Waals surface area contributed by atoms with E-state index in [0.717, 1.165) is 24.4 Å². The second kappa shape index (κ2) is 5.54. The highest BCUT2D eigenvalue weighted by Gasteiger charge is 2.25. The molecule has 2 heterocycles. The number of nitrogens with zero attached hydrogens (tertiary/aromatic N) is 1. The maximum absolute atomic E-state index is 11.2. The number of halogens is 1. The van der Waals surface area contributed by atoms with E-state index in [1.165, 1.54) is 11.6 Å². The maximum Gasteiger partial charge on any atom is 0.339 e. The van der Waals surface area contributed by atoms with E-state index < -0.39 is 5.97 Å². The number of fused-ring (bicyclic) bond motifs is 1. The van der Waals surface area contributed by atoms with Crippen molar-refractivity contribution in [2.24, 2.45) is 0 Å². The molecule has 0 amide bonds. The second-order valence-electron chi connectivity index (χ2n) is 4.94. The van der Waals surface area contributed by atoms with Crippen LogP contribution < -0.4 is 4.74 Å². The number of carboxylic acids is 1. The van der Waals surface area contributed by atoms with Crippen LogP contribution >= 0.6 is 15.9 Å². The van der Waals surface area contributed by atoms with Crippen molar-refractivity contribution in [2.75, 3.05) is 7.11 Å². The zero-order chi connectivity index (χ0) is 15.0. The number of carbonyl (C=O) groups is 1. The summed E-state index contributed by atoms with van der Waals surface area (Å²) in [6.07, 6.45) is 0. The molecule has 1 aromatic heterocycles. The van der Waals surface area contributed by atoms with E-state index in [0.29, 0.717) is 17.0 Å². The molecule has 6 heteroatoms. The largest absolute Gasteiger partial charge is 0.496 e. The van der Waals surface area contributed by atoms with Gasteiger partial charge in [0.05, 0.1) is 13.7 Å². The first-order valence-electron chi connectivity index (χ1n) is 6.47. The van der Waals surface area contributed by atoms with Gasteiger partial charge in [-0.1, -0.05) is 12.1 Å². The fourth-order valence-corrected chi connectivity index (χ4v) is 3.08. The summed E-state index contributed by atoms with van der Waals surface area (Å²) >= 11 is 3.18. The van der Waals surface area contributed by atoms with Gasteiger partial charge >= 0.3 is 5.97 Å². The van der Waals surface area contributed by atoms with E-state index in [1.54, 1.807) is 7.11 Å². The van der Waals surface area contributed by atoms with Crippen molar-refractivity contribution in [3.8, 4) is 5.75 Å². The van der Waals surface area contributed by atoms with E-state index in [9.17, 15) is 9.90 Å². The summed E-state index contributed by atoms with van der Waals surface area (Å²) in [7, 11) is 1.66. The summed E-state index contributed by atoms with van der Waals surface area (Å²) in [6, 6.07) is 7.46. The lowest BCUT2D eigenvalue weighted by atomic mass is 10.1. The molecule has 0 fully saturated rings. The predicted molar refractivity (Wildman–Crippen MR) is 79.3 cm³/mol. The van der Waals surface area contributed by atoms with Gasteiger partial charge in [-0.25, -0.2) is 4.79 Å². The molecule has 21 heavy (non-hydrogen) atoms. The smallest absolute Gasteiger partial charge is 0.339 e. The highest BCUT2D eigenvalue weighted by Crippen LogP contribution is 2.32. The van der Waals surface area contributed by atoms with Crippen molar-refractivity contribution < 1.29 is 19.1 Å². The molecule has 0 saturated carbocycles. The van der Waals surface area contributed by atoms with Gasteiger partial charge in [0, 0.05) is 24.7 Å². The average Bonchev–Trinajstić information content (AvgIpc) is 3.01. The molecule has 5 nitrogen and oxygen atoms in total. The lowest BCUT2D eigenvalue weighted by Crippen LogP contribution is -2.17. The van der Waals surface area contributed by atoms with Crippen LogP contribution in [0.4, 0.5) is 0 Å². The summed E-state index contributed by atoms with van der Waals surface area (Å²) in [5.41, 5.74) is 2.56. The molecule has 0 aliphatic carbocycles. The standard InChI is InChI=1S/C15H14BrNO4/c1-20-12-4-2-3-9-6-17(7-11(9)12)8-13-10(15(18)19)5-14(16)21-13/h2-5H,6-8H2,1H3,(H,18,19). The molecule has 0 radical (unpaired) electrons. The Labute approximate surface area is 130 Å². The van der Waals surface area contributed by atoms with E-state index in [-0.39, 0.29) is 5.56 Å². The molecule has 0 unspecified atom stereocenters. The lowest BCUT2D eigenvalue weighted by Gasteiger charge is -2.13. The SMILES string of the molecule is COc1cccc2c1CN(Cc1oc(Br)cc1C(=O)O)C2. The van der Waals surface area contributed by atoms with Crippen LogP contribution in [0, 0.1) is 0 Å². The molecule has 1 aliphatic heterocycles. The molecule has 3 rings (SSSR count). The Morgan fingerprint density at radius 2 is 2.29 bits per heavy atom. The molecule has 110 valence electrons. The number of hydrogen-bond donors (Lipinski definition) is 1. The average molecular weight is 352 g/mol. The molecule has 2 aromatic rings. The molecule has 0 atom stereocenters. The van der Waals surface area contributed by atoms with Crippen molar-refractivity contribution in [3.05, 3.63) is 51.4 Å². The number of furan rings is 1. The van der Waals surface area contributed by atoms with Crippen LogP contribution in [0.25, 0.3) is 0 Å². The van der Waals surface area contributed by atoms with Gasteiger partial charge in [-0.2, -0.15) is 0 Å².